The summed E-state index contributed by atoms with van der Waals surface area (Å²) in [4.78, 5) is 40.6. The first-order valence-corrected chi connectivity index (χ1v) is 13.7. The molecule has 214 valence electrons. The monoisotopic (exact) mass is 556 g/mol. The maximum atomic E-state index is 13.7. The molecule has 0 aliphatic carbocycles. The molecule has 0 saturated carbocycles. The normalized spacial score (nSPS) is 11.8. The van der Waals surface area contributed by atoms with Gasteiger partial charge in [0.1, 0.15) is 0 Å². The fraction of sp³-hybridized carbons (Fsp3) is 0.303. The number of ether oxygens (including phenoxy) is 2. The number of aromatic nitrogens is 1. The first-order chi connectivity index (χ1) is 19.5. The molecular formula is C33H36N2O6. The summed E-state index contributed by atoms with van der Waals surface area (Å²) in [6.45, 7) is 10.5. The number of aliphatic hydroxyl groups is 1. The SMILES string of the molecule is CC(C)OC(=O)C(O)(C(=O)OC(C)C)c1c(-c2ccccc2NC(=O)c2ccccc2)n(C(C)C)c2ccccc12. The Labute approximate surface area is 239 Å². The van der Waals surface area contributed by atoms with Crippen molar-refractivity contribution in [2.45, 2.75) is 65.4 Å². The average molecular weight is 557 g/mol. The van der Waals surface area contributed by atoms with Crippen molar-refractivity contribution in [2.24, 2.45) is 0 Å². The Morgan fingerprint density at radius 3 is 1.88 bits per heavy atom. The molecule has 0 fully saturated rings. The minimum absolute atomic E-state index is 0.0273. The molecule has 4 rings (SSSR count). The fourth-order valence-corrected chi connectivity index (χ4v) is 4.90. The number of amides is 1. The molecule has 8 heteroatoms. The number of esters is 2. The van der Waals surface area contributed by atoms with E-state index in [4.69, 9.17) is 9.47 Å². The zero-order valence-corrected chi connectivity index (χ0v) is 24.2. The van der Waals surface area contributed by atoms with Crippen LogP contribution >= 0.6 is 0 Å². The van der Waals surface area contributed by atoms with Gasteiger partial charge in [0.2, 0.25) is 0 Å². The number of hydrogen-bond acceptors (Lipinski definition) is 6. The molecule has 1 amide bonds. The maximum absolute atomic E-state index is 13.7. The Morgan fingerprint density at radius 2 is 1.29 bits per heavy atom. The number of nitrogens with one attached hydrogen (secondary N) is 1. The number of anilines is 1. The molecule has 0 unspecified atom stereocenters. The van der Waals surface area contributed by atoms with E-state index >= 15 is 0 Å². The largest absolute Gasteiger partial charge is 0.460 e. The summed E-state index contributed by atoms with van der Waals surface area (Å²) in [5, 5.41) is 15.7. The number of fused-ring (bicyclic) bond motifs is 1. The van der Waals surface area contributed by atoms with Gasteiger partial charge in [0.25, 0.3) is 11.5 Å². The molecule has 41 heavy (non-hydrogen) atoms. The highest BCUT2D eigenvalue weighted by Crippen LogP contribution is 2.45. The van der Waals surface area contributed by atoms with E-state index in [-0.39, 0.29) is 17.5 Å². The van der Waals surface area contributed by atoms with Crippen molar-refractivity contribution in [1.82, 2.24) is 4.57 Å². The Balaban J connectivity index is 2.07. The van der Waals surface area contributed by atoms with Crippen LogP contribution < -0.4 is 5.32 Å². The lowest BCUT2D eigenvalue weighted by Crippen LogP contribution is -2.48. The van der Waals surface area contributed by atoms with Crippen LogP contribution in [0, 0.1) is 0 Å². The topological polar surface area (TPSA) is 107 Å². The van der Waals surface area contributed by atoms with Gasteiger partial charge in [-0.3, -0.25) is 4.79 Å². The zero-order chi connectivity index (χ0) is 29.9. The van der Waals surface area contributed by atoms with Crippen molar-refractivity contribution in [3.05, 3.63) is 90.0 Å². The van der Waals surface area contributed by atoms with E-state index in [1.165, 1.54) is 0 Å². The van der Waals surface area contributed by atoms with Crippen LogP contribution in [0.5, 0.6) is 0 Å². The van der Waals surface area contributed by atoms with Crippen molar-refractivity contribution >= 4 is 34.4 Å². The fourth-order valence-electron chi connectivity index (χ4n) is 4.90. The van der Waals surface area contributed by atoms with E-state index in [1.807, 2.05) is 36.6 Å². The van der Waals surface area contributed by atoms with Crippen LogP contribution in [0.2, 0.25) is 0 Å². The third-order valence-electron chi connectivity index (χ3n) is 6.53. The summed E-state index contributed by atoms with van der Waals surface area (Å²) < 4.78 is 12.9. The Kier molecular flexibility index (Phi) is 8.63. The van der Waals surface area contributed by atoms with Crippen LogP contribution in [0.1, 0.15) is 63.5 Å². The van der Waals surface area contributed by atoms with Gasteiger partial charge in [-0.15, -0.1) is 0 Å². The zero-order valence-electron chi connectivity index (χ0n) is 24.2. The Hall–Kier alpha value is -4.43. The van der Waals surface area contributed by atoms with Gasteiger partial charge >= 0.3 is 11.9 Å². The molecule has 2 N–H and O–H groups in total. The molecule has 0 aliphatic rings. The first kappa shape index (κ1) is 29.6. The molecular weight excluding hydrogens is 520 g/mol. The Bertz CT molecular complexity index is 1550. The summed E-state index contributed by atoms with van der Waals surface area (Å²) in [6.07, 6.45) is -1.22. The number of benzene rings is 3. The minimum Gasteiger partial charge on any atom is -0.460 e. The second kappa shape index (κ2) is 12.0. The van der Waals surface area contributed by atoms with E-state index < -0.39 is 29.7 Å². The quantitative estimate of drug-likeness (QED) is 0.187. The van der Waals surface area contributed by atoms with Gasteiger partial charge < -0.3 is 24.5 Å². The number of rotatable bonds is 9. The summed E-state index contributed by atoms with van der Waals surface area (Å²) in [5.74, 6) is -2.62. The van der Waals surface area contributed by atoms with Crippen molar-refractivity contribution in [2.75, 3.05) is 5.32 Å². The molecule has 0 atom stereocenters. The van der Waals surface area contributed by atoms with E-state index in [0.29, 0.717) is 33.4 Å². The minimum atomic E-state index is -2.81. The van der Waals surface area contributed by atoms with Gasteiger partial charge in [-0.05, 0) is 65.8 Å². The number of carbonyl (C=O) groups excluding carboxylic acids is 3. The van der Waals surface area contributed by atoms with Crippen LogP contribution in [-0.4, -0.2) is 39.7 Å². The van der Waals surface area contributed by atoms with E-state index in [2.05, 4.69) is 5.32 Å². The molecule has 3 aromatic carbocycles. The molecule has 1 heterocycles. The number of para-hydroxylation sites is 2. The summed E-state index contributed by atoms with van der Waals surface area (Å²) in [6, 6.07) is 22.9. The summed E-state index contributed by atoms with van der Waals surface area (Å²) in [7, 11) is 0. The lowest BCUT2D eigenvalue weighted by atomic mass is 9.88. The van der Waals surface area contributed by atoms with Gasteiger partial charge in [0, 0.05) is 33.6 Å². The number of nitrogens with zero attached hydrogens (tertiary/aromatic N) is 1. The van der Waals surface area contributed by atoms with Crippen molar-refractivity contribution in [3.63, 3.8) is 0 Å². The highest BCUT2D eigenvalue weighted by molar-refractivity contribution is 6.12. The summed E-state index contributed by atoms with van der Waals surface area (Å²) >= 11 is 0. The number of hydrogen-bond donors (Lipinski definition) is 2. The highest BCUT2D eigenvalue weighted by Gasteiger charge is 2.53. The van der Waals surface area contributed by atoms with Crippen LogP contribution in [0.3, 0.4) is 0 Å². The first-order valence-electron chi connectivity index (χ1n) is 13.7. The van der Waals surface area contributed by atoms with Crippen LogP contribution in [0.4, 0.5) is 5.69 Å². The van der Waals surface area contributed by atoms with Crippen molar-refractivity contribution in [1.29, 1.82) is 0 Å². The Morgan fingerprint density at radius 1 is 0.756 bits per heavy atom. The summed E-state index contributed by atoms with van der Waals surface area (Å²) in [5.41, 5.74) is -0.308. The molecule has 1 aromatic heterocycles. The molecule has 0 radical (unpaired) electrons. The highest BCUT2D eigenvalue weighted by atomic mass is 16.6. The van der Waals surface area contributed by atoms with Crippen LogP contribution in [0.15, 0.2) is 78.9 Å². The van der Waals surface area contributed by atoms with Gasteiger partial charge in [-0.2, -0.15) is 0 Å². The van der Waals surface area contributed by atoms with Gasteiger partial charge in [0.15, 0.2) is 0 Å². The van der Waals surface area contributed by atoms with Gasteiger partial charge in [0.05, 0.1) is 23.6 Å². The molecule has 0 saturated heterocycles. The molecule has 4 aromatic rings. The average Bonchev–Trinajstić information content (AvgIpc) is 3.28. The van der Waals surface area contributed by atoms with E-state index in [1.54, 1.807) is 88.4 Å². The molecule has 0 bridgehead atoms. The predicted octanol–water partition coefficient (Wildman–Crippen LogP) is 6.23. The third-order valence-corrected chi connectivity index (χ3v) is 6.53. The molecule has 0 spiro atoms. The van der Waals surface area contributed by atoms with Crippen molar-refractivity contribution in [3.8, 4) is 11.3 Å². The second-order valence-electron chi connectivity index (χ2n) is 10.7. The van der Waals surface area contributed by atoms with Crippen LogP contribution in [-0.2, 0) is 24.7 Å². The number of carbonyl (C=O) groups is 3. The van der Waals surface area contributed by atoms with Crippen molar-refractivity contribution < 1.29 is 29.0 Å². The van der Waals surface area contributed by atoms with Crippen LogP contribution in [0.25, 0.3) is 22.2 Å². The van der Waals surface area contributed by atoms with E-state index in [9.17, 15) is 19.5 Å². The van der Waals surface area contributed by atoms with Gasteiger partial charge in [-0.1, -0.05) is 54.6 Å². The van der Waals surface area contributed by atoms with Gasteiger partial charge in [-0.25, -0.2) is 9.59 Å². The predicted molar refractivity (Wildman–Crippen MR) is 159 cm³/mol. The maximum Gasteiger partial charge on any atom is 0.355 e. The molecule has 0 aliphatic heterocycles. The lowest BCUT2D eigenvalue weighted by Gasteiger charge is -2.28. The molecule has 8 nitrogen and oxygen atoms in total. The standard InChI is InChI=1S/C33H36N2O6/c1-20(2)35-27-19-13-11-17-25(27)28(33(39,31(37)40-21(3)4)32(38)41-22(5)6)29(35)24-16-10-12-18-26(24)34-30(36)23-14-8-7-9-15-23/h7-22,39H,1-6H3,(H,34,36). The second-order valence-corrected chi connectivity index (χ2v) is 10.7. The lowest BCUT2D eigenvalue weighted by molar-refractivity contribution is -0.189. The smallest absolute Gasteiger partial charge is 0.355 e. The third kappa shape index (κ3) is 5.74. The van der Waals surface area contributed by atoms with E-state index in [0.717, 1.165) is 0 Å².